The molecular formula is C13H10Cl2F3N3. The first kappa shape index (κ1) is 15.9. The van der Waals surface area contributed by atoms with Gasteiger partial charge < -0.3 is 4.90 Å². The Kier molecular flexibility index (Phi) is 4.58. The molecule has 0 amide bonds. The van der Waals surface area contributed by atoms with Crippen LogP contribution in [0, 0.1) is 0 Å². The van der Waals surface area contributed by atoms with Crippen LogP contribution in [0.1, 0.15) is 11.4 Å². The second-order valence-corrected chi connectivity index (χ2v) is 5.18. The van der Waals surface area contributed by atoms with Gasteiger partial charge in [0.1, 0.15) is 11.0 Å². The van der Waals surface area contributed by atoms with Crippen LogP contribution in [0.4, 0.5) is 19.0 Å². The van der Waals surface area contributed by atoms with Crippen molar-refractivity contribution in [3.8, 4) is 0 Å². The highest BCUT2D eigenvalue weighted by Gasteiger charge is 2.35. The van der Waals surface area contributed by atoms with Crippen LogP contribution >= 0.6 is 23.2 Å². The van der Waals surface area contributed by atoms with E-state index in [-0.39, 0.29) is 11.0 Å². The van der Waals surface area contributed by atoms with Crippen LogP contribution in [-0.2, 0) is 12.7 Å². The minimum Gasteiger partial charge on any atom is -0.355 e. The van der Waals surface area contributed by atoms with E-state index in [4.69, 9.17) is 23.2 Å². The molecule has 0 spiro atoms. The summed E-state index contributed by atoms with van der Waals surface area (Å²) in [5.74, 6) is -1.18. The zero-order chi connectivity index (χ0) is 15.6. The molecule has 0 aliphatic rings. The lowest BCUT2D eigenvalue weighted by atomic mass is 10.2. The van der Waals surface area contributed by atoms with Gasteiger partial charge in [-0.3, -0.25) is 0 Å². The van der Waals surface area contributed by atoms with E-state index in [0.29, 0.717) is 11.6 Å². The van der Waals surface area contributed by atoms with Crippen molar-refractivity contribution in [2.24, 2.45) is 0 Å². The van der Waals surface area contributed by atoms with Crippen LogP contribution in [0.5, 0.6) is 0 Å². The summed E-state index contributed by atoms with van der Waals surface area (Å²) in [4.78, 5) is 8.22. The molecule has 0 N–H and O–H groups in total. The molecule has 112 valence electrons. The average Bonchev–Trinajstić information content (AvgIpc) is 2.37. The maximum atomic E-state index is 12.7. The molecule has 21 heavy (non-hydrogen) atoms. The predicted molar refractivity (Wildman–Crippen MR) is 75.6 cm³/mol. The van der Waals surface area contributed by atoms with E-state index in [1.54, 1.807) is 25.2 Å². The van der Waals surface area contributed by atoms with Gasteiger partial charge in [0.15, 0.2) is 0 Å². The second-order valence-electron chi connectivity index (χ2n) is 4.36. The van der Waals surface area contributed by atoms with E-state index in [2.05, 4.69) is 9.97 Å². The summed E-state index contributed by atoms with van der Waals surface area (Å²) in [6, 6.07) is 8.30. The molecule has 8 heteroatoms. The fourth-order valence-corrected chi connectivity index (χ4v) is 2.11. The third-order valence-electron chi connectivity index (χ3n) is 2.63. The molecule has 3 nitrogen and oxygen atoms in total. The van der Waals surface area contributed by atoms with Crippen molar-refractivity contribution in [2.75, 3.05) is 11.9 Å². The van der Waals surface area contributed by atoms with Crippen molar-refractivity contribution < 1.29 is 13.2 Å². The summed E-state index contributed by atoms with van der Waals surface area (Å²) in [6.07, 6.45) is -4.64. The quantitative estimate of drug-likeness (QED) is 0.776. The number of aromatic nitrogens is 2. The molecule has 0 atom stereocenters. The van der Waals surface area contributed by atoms with Crippen molar-refractivity contribution in [1.82, 2.24) is 9.97 Å². The highest BCUT2D eigenvalue weighted by Crippen LogP contribution is 2.29. The van der Waals surface area contributed by atoms with Gasteiger partial charge in [-0.05, 0) is 17.7 Å². The lowest BCUT2D eigenvalue weighted by Gasteiger charge is -2.19. The molecule has 0 saturated carbocycles. The molecule has 0 aliphatic heterocycles. The molecule has 0 radical (unpaired) electrons. The van der Waals surface area contributed by atoms with E-state index < -0.39 is 12.0 Å². The summed E-state index contributed by atoms with van der Waals surface area (Å²) in [5, 5.41) is 0.294. The van der Waals surface area contributed by atoms with Gasteiger partial charge in [-0.2, -0.15) is 13.2 Å². The molecule has 0 aliphatic carbocycles. The van der Waals surface area contributed by atoms with Crippen LogP contribution in [0.3, 0.4) is 0 Å². The van der Waals surface area contributed by atoms with Gasteiger partial charge in [0.25, 0.3) is 0 Å². The standard InChI is InChI=1S/C13H10Cl2F3N3/c1-21(7-8-3-2-4-9(14)5-8)11-6-10(15)19-12(20-11)13(16,17)18/h2-6H,7H2,1H3. The maximum Gasteiger partial charge on any atom is 0.451 e. The van der Waals surface area contributed by atoms with Crippen molar-refractivity contribution in [2.45, 2.75) is 12.7 Å². The summed E-state index contributed by atoms with van der Waals surface area (Å²) in [7, 11) is 1.61. The van der Waals surface area contributed by atoms with E-state index in [9.17, 15) is 13.2 Å². The molecule has 1 heterocycles. The Balaban J connectivity index is 2.27. The number of hydrogen-bond donors (Lipinski definition) is 0. The van der Waals surface area contributed by atoms with Gasteiger partial charge >= 0.3 is 6.18 Å². The Morgan fingerprint density at radius 3 is 2.48 bits per heavy atom. The Hall–Kier alpha value is -1.53. The number of anilines is 1. The van der Waals surface area contributed by atoms with Gasteiger partial charge in [0.2, 0.25) is 5.82 Å². The monoisotopic (exact) mass is 335 g/mol. The molecule has 0 unspecified atom stereocenters. The molecule has 2 aromatic rings. The fourth-order valence-electron chi connectivity index (χ4n) is 1.72. The topological polar surface area (TPSA) is 29.0 Å². The molecular weight excluding hydrogens is 326 g/mol. The zero-order valence-corrected chi connectivity index (χ0v) is 12.3. The Bertz CT molecular complexity index is 647. The van der Waals surface area contributed by atoms with Gasteiger partial charge in [0.05, 0.1) is 0 Å². The number of benzene rings is 1. The number of hydrogen-bond acceptors (Lipinski definition) is 3. The zero-order valence-electron chi connectivity index (χ0n) is 10.8. The first-order chi connectivity index (χ1) is 9.75. The SMILES string of the molecule is CN(Cc1cccc(Cl)c1)c1cc(Cl)nc(C(F)(F)F)n1. The summed E-state index contributed by atoms with van der Waals surface area (Å²) >= 11 is 11.5. The van der Waals surface area contributed by atoms with Gasteiger partial charge in [-0.15, -0.1) is 0 Å². The van der Waals surface area contributed by atoms with E-state index in [1.165, 1.54) is 11.0 Å². The molecule has 1 aromatic carbocycles. The first-order valence-electron chi connectivity index (χ1n) is 5.83. The van der Waals surface area contributed by atoms with Crippen molar-refractivity contribution in [3.63, 3.8) is 0 Å². The minimum absolute atomic E-state index is 0.0855. The van der Waals surface area contributed by atoms with Crippen LogP contribution in [-0.4, -0.2) is 17.0 Å². The third kappa shape index (κ3) is 4.22. The lowest BCUT2D eigenvalue weighted by Crippen LogP contribution is -2.20. The summed E-state index contributed by atoms with van der Waals surface area (Å²) < 4.78 is 38.0. The lowest BCUT2D eigenvalue weighted by molar-refractivity contribution is -0.144. The van der Waals surface area contributed by atoms with E-state index in [1.807, 2.05) is 6.07 Å². The predicted octanol–water partition coefficient (Wildman–Crippen LogP) is 4.44. The van der Waals surface area contributed by atoms with Crippen molar-refractivity contribution in [1.29, 1.82) is 0 Å². The maximum absolute atomic E-state index is 12.7. The summed E-state index contributed by atoms with van der Waals surface area (Å²) in [5.41, 5.74) is 0.841. The largest absolute Gasteiger partial charge is 0.451 e. The van der Waals surface area contributed by atoms with Crippen molar-refractivity contribution >= 4 is 29.0 Å². The van der Waals surface area contributed by atoms with Crippen LogP contribution in [0.2, 0.25) is 10.2 Å². The summed E-state index contributed by atoms with van der Waals surface area (Å²) in [6.45, 7) is 0.338. The van der Waals surface area contributed by atoms with Crippen LogP contribution in [0.25, 0.3) is 0 Å². The average molecular weight is 336 g/mol. The number of alkyl halides is 3. The number of rotatable bonds is 3. The van der Waals surface area contributed by atoms with Gasteiger partial charge in [0, 0.05) is 24.7 Å². The fraction of sp³-hybridized carbons (Fsp3) is 0.231. The molecule has 1 aromatic heterocycles. The second kappa shape index (κ2) is 6.07. The Morgan fingerprint density at radius 1 is 1.14 bits per heavy atom. The number of nitrogens with zero attached hydrogens (tertiary/aromatic N) is 3. The minimum atomic E-state index is -4.64. The molecule has 0 fully saturated rings. The molecule has 2 rings (SSSR count). The van der Waals surface area contributed by atoms with Crippen molar-refractivity contribution in [3.05, 3.63) is 51.9 Å². The molecule has 0 saturated heterocycles. The third-order valence-corrected chi connectivity index (χ3v) is 3.06. The first-order valence-corrected chi connectivity index (χ1v) is 6.58. The van der Waals surface area contributed by atoms with Gasteiger partial charge in [-0.1, -0.05) is 35.3 Å². The van der Waals surface area contributed by atoms with E-state index >= 15 is 0 Å². The Labute approximate surface area is 129 Å². The normalized spacial score (nSPS) is 11.5. The van der Waals surface area contributed by atoms with E-state index in [0.717, 1.165) is 5.56 Å². The smallest absolute Gasteiger partial charge is 0.355 e. The van der Waals surface area contributed by atoms with Gasteiger partial charge in [-0.25, -0.2) is 9.97 Å². The number of halogens is 5. The highest BCUT2D eigenvalue weighted by molar-refractivity contribution is 6.30. The van der Waals surface area contributed by atoms with Crippen LogP contribution < -0.4 is 4.90 Å². The molecule has 0 bridgehead atoms. The van der Waals surface area contributed by atoms with Crippen LogP contribution in [0.15, 0.2) is 30.3 Å². The highest BCUT2D eigenvalue weighted by atomic mass is 35.5. The Morgan fingerprint density at radius 2 is 1.86 bits per heavy atom.